The highest BCUT2D eigenvalue weighted by Crippen LogP contribution is 2.29. The van der Waals surface area contributed by atoms with Crippen molar-refractivity contribution >= 4 is 0 Å². The molecule has 1 aromatic heterocycles. The molecule has 0 aliphatic heterocycles. The third-order valence-electron chi connectivity index (χ3n) is 3.05. The number of nitrogens with zero attached hydrogens (tertiary/aromatic N) is 2. The molecule has 1 fully saturated rings. The van der Waals surface area contributed by atoms with Gasteiger partial charge in [-0.2, -0.15) is 5.26 Å². The predicted octanol–water partition coefficient (Wildman–Crippen LogP) is 1.46. The second-order valence-corrected chi connectivity index (χ2v) is 4.05. The molecule has 0 bridgehead atoms. The third kappa shape index (κ3) is 2.15. The van der Waals surface area contributed by atoms with E-state index in [4.69, 9.17) is 15.7 Å². The topological polar surface area (TPSA) is 71.9 Å². The molecule has 1 aromatic rings. The van der Waals surface area contributed by atoms with Crippen LogP contribution in [-0.4, -0.2) is 17.6 Å². The molecule has 1 aliphatic carbocycles. The van der Waals surface area contributed by atoms with Crippen molar-refractivity contribution in [2.24, 2.45) is 11.7 Å². The number of hydrogen-bond donors (Lipinski definition) is 1. The number of hydrogen-bond acceptors (Lipinski definition) is 4. The lowest BCUT2D eigenvalue weighted by atomic mass is 10.1. The fourth-order valence-electron chi connectivity index (χ4n) is 2.14. The van der Waals surface area contributed by atoms with E-state index in [9.17, 15) is 0 Å². The zero-order valence-electron chi connectivity index (χ0n) is 9.10. The van der Waals surface area contributed by atoms with Crippen LogP contribution in [0.2, 0.25) is 0 Å². The minimum atomic E-state index is 0.118. The van der Waals surface area contributed by atoms with Crippen LogP contribution >= 0.6 is 0 Å². The van der Waals surface area contributed by atoms with Crippen molar-refractivity contribution in [1.29, 1.82) is 5.26 Å². The van der Waals surface area contributed by atoms with E-state index in [1.165, 1.54) is 0 Å². The Kier molecular flexibility index (Phi) is 3.37. The van der Waals surface area contributed by atoms with Crippen LogP contribution in [0.5, 0.6) is 5.88 Å². The van der Waals surface area contributed by atoms with Gasteiger partial charge in [0.25, 0.3) is 0 Å². The summed E-state index contributed by atoms with van der Waals surface area (Å²) in [4.78, 5) is 4.10. The summed E-state index contributed by atoms with van der Waals surface area (Å²) in [7, 11) is 0. The van der Waals surface area contributed by atoms with Crippen molar-refractivity contribution in [2.75, 3.05) is 6.54 Å². The van der Waals surface area contributed by atoms with Crippen LogP contribution < -0.4 is 10.5 Å². The molecule has 2 unspecified atom stereocenters. The van der Waals surface area contributed by atoms with Gasteiger partial charge in [-0.15, -0.1) is 0 Å². The zero-order valence-corrected chi connectivity index (χ0v) is 9.10. The fourth-order valence-corrected chi connectivity index (χ4v) is 2.14. The summed E-state index contributed by atoms with van der Waals surface area (Å²) in [5, 5.41) is 8.92. The molecular weight excluding hydrogens is 202 g/mol. The summed E-state index contributed by atoms with van der Waals surface area (Å²) in [5.74, 6) is 0.837. The lowest BCUT2D eigenvalue weighted by Crippen LogP contribution is -2.28. The Labute approximate surface area is 95.0 Å². The smallest absolute Gasteiger partial charge is 0.231 e. The first-order chi connectivity index (χ1) is 7.85. The molecule has 2 rings (SSSR count). The van der Waals surface area contributed by atoms with Crippen LogP contribution in [0.25, 0.3) is 0 Å². The van der Waals surface area contributed by atoms with E-state index in [0.717, 1.165) is 19.3 Å². The highest BCUT2D eigenvalue weighted by Gasteiger charge is 2.28. The van der Waals surface area contributed by atoms with Crippen LogP contribution in [-0.2, 0) is 0 Å². The highest BCUT2D eigenvalue weighted by atomic mass is 16.5. The van der Waals surface area contributed by atoms with Gasteiger partial charge in [0.15, 0.2) is 0 Å². The van der Waals surface area contributed by atoms with Crippen LogP contribution in [0.15, 0.2) is 18.3 Å². The van der Waals surface area contributed by atoms with Crippen molar-refractivity contribution < 1.29 is 4.74 Å². The molecule has 1 heterocycles. The average molecular weight is 217 g/mol. The van der Waals surface area contributed by atoms with Crippen molar-refractivity contribution in [1.82, 2.24) is 4.98 Å². The van der Waals surface area contributed by atoms with Crippen LogP contribution in [0.1, 0.15) is 24.8 Å². The quantitative estimate of drug-likeness (QED) is 0.832. The molecule has 0 aromatic carbocycles. The van der Waals surface area contributed by atoms with E-state index in [1.54, 1.807) is 18.3 Å². The summed E-state index contributed by atoms with van der Waals surface area (Å²) >= 11 is 0. The molecule has 16 heavy (non-hydrogen) atoms. The van der Waals surface area contributed by atoms with E-state index in [-0.39, 0.29) is 6.10 Å². The molecule has 0 amide bonds. The number of aromatic nitrogens is 1. The second-order valence-electron chi connectivity index (χ2n) is 4.05. The molecule has 0 radical (unpaired) electrons. The van der Waals surface area contributed by atoms with Gasteiger partial charge >= 0.3 is 0 Å². The molecule has 2 atom stereocenters. The van der Waals surface area contributed by atoms with E-state index in [2.05, 4.69) is 11.1 Å². The summed E-state index contributed by atoms with van der Waals surface area (Å²) in [6.07, 6.45) is 5.01. The van der Waals surface area contributed by atoms with E-state index in [1.807, 2.05) is 0 Å². The number of nitriles is 1. The first kappa shape index (κ1) is 10.9. The molecule has 0 spiro atoms. The van der Waals surface area contributed by atoms with Gasteiger partial charge in [0.05, 0.1) is 0 Å². The predicted molar refractivity (Wildman–Crippen MR) is 59.8 cm³/mol. The maximum absolute atomic E-state index is 8.92. The SMILES string of the molecule is N#Cc1cccnc1OC1CCCC1CN. The fraction of sp³-hybridized carbons (Fsp3) is 0.500. The summed E-state index contributed by atoms with van der Waals surface area (Å²) in [5.41, 5.74) is 6.17. The largest absolute Gasteiger partial charge is 0.473 e. The number of rotatable bonds is 3. The Hall–Kier alpha value is -1.60. The number of nitrogens with two attached hydrogens (primary N) is 1. The summed E-state index contributed by atoms with van der Waals surface area (Å²) < 4.78 is 5.79. The van der Waals surface area contributed by atoms with Gasteiger partial charge in [-0.05, 0) is 37.9 Å². The Balaban J connectivity index is 2.12. The number of ether oxygens (including phenoxy) is 1. The van der Waals surface area contributed by atoms with Gasteiger partial charge in [0.1, 0.15) is 17.7 Å². The van der Waals surface area contributed by atoms with Crippen molar-refractivity contribution in [3.05, 3.63) is 23.9 Å². The Morgan fingerprint density at radius 3 is 3.19 bits per heavy atom. The summed E-state index contributed by atoms with van der Waals surface area (Å²) in [6, 6.07) is 5.54. The highest BCUT2D eigenvalue weighted by molar-refractivity contribution is 5.37. The normalized spacial score (nSPS) is 24.0. The van der Waals surface area contributed by atoms with Gasteiger partial charge < -0.3 is 10.5 Å². The van der Waals surface area contributed by atoms with E-state index < -0.39 is 0 Å². The number of pyridine rings is 1. The van der Waals surface area contributed by atoms with Gasteiger partial charge in [0.2, 0.25) is 5.88 Å². The molecular formula is C12H15N3O. The van der Waals surface area contributed by atoms with Gasteiger partial charge in [-0.3, -0.25) is 0 Å². The Bertz CT molecular complexity index is 399. The van der Waals surface area contributed by atoms with E-state index >= 15 is 0 Å². The van der Waals surface area contributed by atoms with Crippen LogP contribution in [0.4, 0.5) is 0 Å². The molecule has 0 saturated heterocycles. The second kappa shape index (κ2) is 4.95. The maximum atomic E-state index is 8.92. The van der Waals surface area contributed by atoms with Crippen molar-refractivity contribution in [3.8, 4) is 11.9 Å². The van der Waals surface area contributed by atoms with Crippen LogP contribution in [0, 0.1) is 17.2 Å². The lowest BCUT2D eigenvalue weighted by Gasteiger charge is -2.19. The summed E-state index contributed by atoms with van der Waals surface area (Å²) in [6.45, 7) is 0.638. The lowest BCUT2D eigenvalue weighted by molar-refractivity contribution is 0.155. The average Bonchev–Trinajstić information content (AvgIpc) is 2.77. The first-order valence-electron chi connectivity index (χ1n) is 5.57. The minimum Gasteiger partial charge on any atom is -0.473 e. The molecule has 4 heteroatoms. The Morgan fingerprint density at radius 1 is 1.56 bits per heavy atom. The first-order valence-corrected chi connectivity index (χ1v) is 5.57. The molecule has 1 saturated carbocycles. The van der Waals surface area contributed by atoms with Crippen molar-refractivity contribution in [3.63, 3.8) is 0 Å². The molecule has 1 aliphatic rings. The van der Waals surface area contributed by atoms with Crippen molar-refractivity contribution in [2.45, 2.75) is 25.4 Å². The molecule has 84 valence electrons. The third-order valence-corrected chi connectivity index (χ3v) is 3.05. The Morgan fingerprint density at radius 2 is 2.44 bits per heavy atom. The minimum absolute atomic E-state index is 0.118. The monoisotopic (exact) mass is 217 g/mol. The van der Waals surface area contributed by atoms with Gasteiger partial charge in [-0.25, -0.2) is 4.98 Å². The van der Waals surface area contributed by atoms with Gasteiger partial charge in [-0.1, -0.05) is 0 Å². The zero-order chi connectivity index (χ0) is 11.4. The van der Waals surface area contributed by atoms with Gasteiger partial charge in [0, 0.05) is 12.1 Å². The van der Waals surface area contributed by atoms with Crippen LogP contribution in [0.3, 0.4) is 0 Å². The van der Waals surface area contributed by atoms with E-state index in [0.29, 0.717) is 23.9 Å². The molecule has 4 nitrogen and oxygen atoms in total. The maximum Gasteiger partial charge on any atom is 0.231 e. The molecule has 2 N–H and O–H groups in total. The standard InChI is InChI=1S/C12H15N3O/c13-7-9-3-1-5-11(9)16-12-10(8-14)4-2-6-15-12/h2,4,6,9,11H,1,3,5,7,13H2.